The van der Waals surface area contributed by atoms with Crippen LogP contribution in [-0.4, -0.2) is 26.0 Å². The van der Waals surface area contributed by atoms with Gasteiger partial charge in [0.05, 0.1) is 18.4 Å². The molecule has 0 aromatic heterocycles. The normalized spacial score (nSPS) is 9.38. The Balaban J connectivity index is 3.21. The van der Waals surface area contributed by atoms with Crippen molar-refractivity contribution in [1.82, 2.24) is 5.32 Å². The van der Waals surface area contributed by atoms with Gasteiger partial charge in [0.2, 0.25) is 0 Å². The molecule has 1 aromatic rings. The molecule has 0 fully saturated rings. The number of aliphatic imine (C=N–C) groups is 1. The maximum Gasteiger partial charge on any atom is 0.254 e. The van der Waals surface area contributed by atoms with E-state index in [2.05, 4.69) is 10.3 Å². The van der Waals surface area contributed by atoms with Gasteiger partial charge in [-0.1, -0.05) is 0 Å². The van der Waals surface area contributed by atoms with Crippen LogP contribution in [0.4, 0.5) is 5.69 Å². The molecule has 0 bridgehead atoms. The molecule has 0 saturated heterocycles. The molecule has 0 atom stereocenters. The van der Waals surface area contributed by atoms with Crippen molar-refractivity contribution in [3.8, 4) is 5.75 Å². The number of carbonyl (C=O) groups excluding carboxylic acids is 1. The quantitative estimate of drug-likeness (QED) is 0.493. The zero-order valence-electron chi connectivity index (χ0n) is 9.15. The van der Waals surface area contributed by atoms with Gasteiger partial charge in [0.1, 0.15) is 5.75 Å². The van der Waals surface area contributed by atoms with Crippen molar-refractivity contribution in [3.05, 3.63) is 23.8 Å². The molecule has 86 valence electrons. The number of nitrogens with two attached hydrogens (primary N) is 2. The van der Waals surface area contributed by atoms with Crippen molar-refractivity contribution in [2.45, 2.75) is 0 Å². The van der Waals surface area contributed by atoms with E-state index in [9.17, 15) is 4.79 Å². The summed E-state index contributed by atoms with van der Waals surface area (Å²) in [7, 11) is 3.02. The number of methoxy groups -OCH3 is 1. The summed E-state index contributed by atoms with van der Waals surface area (Å²) in [6, 6.07) is 4.84. The first kappa shape index (κ1) is 11.8. The summed E-state index contributed by atoms with van der Waals surface area (Å²) >= 11 is 0. The average molecular weight is 222 g/mol. The van der Waals surface area contributed by atoms with Crippen molar-refractivity contribution < 1.29 is 9.53 Å². The molecule has 0 radical (unpaired) electrons. The van der Waals surface area contributed by atoms with Crippen LogP contribution in [0, 0.1) is 0 Å². The van der Waals surface area contributed by atoms with Gasteiger partial charge in [0, 0.05) is 7.05 Å². The molecule has 0 aliphatic heterocycles. The summed E-state index contributed by atoms with van der Waals surface area (Å²) < 4.78 is 5.06. The minimum atomic E-state index is -0.260. The lowest BCUT2D eigenvalue weighted by molar-refractivity contribution is 0.0960. The fourth-order valence-electron chi connectivity index (χ4n) is 1.23. The second kappa shape index (κ2) is 5.01. The lowest BCUT2D eigenvalue weighted by Gasteiger charge is -2.07. The molecular formula is C10H14N4O2. The maximum atomic E-state index is 11.5. The van der Waals surface area contributed by atoms with Crippen LogP contribution >= 0.6 is 0 Å². The van der Waals surface area contributed by atoms with Gasteiger partial charge in [-0.25, -0.2) is 4.99 Å². The Morgan fingerprint density at radius 3 is 2.62 bits per heavy atom. The third-order valence-corrected chi connectivity index (χ3v) is 1.91. The van der Waals surface area contributed by atoms with Gasteiger partial charge >= 0.3 is 0 Å². The van der Waals surface area contributed by atoms with Gasteiger partial charge in [0.15, 0.2) is 5.96 Å². The van der Waals surface area contributed by atoms with E-state index in [1.54, 1.807) is 18.2 Å². The maximum absolute atomic E-state index is 11.5. The predicted octanol–water partition coefficient (Wildman–Crippen LogP) is -0.0403. The number of ether oxygens (including phenoxy) is 1. The molecule has 0 heterocycles. The molecule has 0 saturated carbocycles. The number of nitrogens with zero attached hydrogens (tertiary/aromatic N) is 1. The second-order valence-corrected chi connectivity index (χ2v) is 3.00. The molecule has 0 aliphatic carbocycles. The number of benzene rings is 1. The van der Waals surface area contributed by atoms with E-state index < -0.39 is 0 Å². The summed E-state index contributed by atoms with van der Waals surface area (Å²) in [6.45, 7) is 0. The first-order chi connectivity index (χ1) is 7.58. The Morgan fingerprint density at radius 1 is 1.44 bits per heavy atom. The third-order valence-electron chi connectivity index (χ3n) is 1.91. The number of carbonyl (C=O) groups is 1. The smallest absolute Gasteiger partial charge is 0.254 e. The summed E-state index contributed by atoms with van der Waals surface area (Å²) in [4.78, 5) is 15.4. The van der Waals surface area contributed by atoms with Crippen LogP contribution in [-0.2, 0) is 0 Å². The molecule has 0 unspecified atom stereocenters. The van der Waals surface area contributed by atoms with Gasteiger partial charge in [0.25, 0.3) is 5.91 Å². The van der Waals surface area contributed by atoms with Crippen LogP contribution in [0.5, 0.6) is 5.75 Å². The zero-order valence-corrected chi connectivity index (χ0v) is 9.15. The SMILES string of the molecule is CNC(=O)c1cc(N=C(N)N)ccc1OC. The first-order valence-corrected chi connectivity index (χ1v) is 4.58. The predicted molar refractivity (Wildman–Crippen MR) is 61.9 cm³/mol. The zero-order chi connectivity index (χ0) is 12.1. The van der Waals surface area contributed by atoms with Crippen LogP contribution in [0.25, 0.3) is 0 Å². The van der Waals surface area contributed by atoms with Gasteiger partial charge in [-0.3, -0.25) is 4.79 Å². The highest BCUT2D eigenvalue weighted by Crippen LogP contribution is 2.24. The van der Waals surface area contributed by atoms with Gasteiger partial charge in [-0.05, 0) is 18.2 Å². The fraction of sp³-hybridized carbons (Fsp3) is 0.200. The largest absolute Gasteiger partial charge is 0.496 e. The van der Waals surface area contributed by atoms with E-state index in [1.807, 2.05) is 0 Å². The summed E-state index contributed by atoms with van der Waals surface area (Å²) in [5, 5.41) is 2.51. The van der Waals surface area contributed by atoms with Crippen molar-refractivity contribution in [2.24, 2.45) is 16.5 Å². The topological polar surface area (TPSA) is 103 Å². The minimum absolute atomic E-state index is 0.0620. The van der Waals surface area contributed by atoms with Gasteiger partial charge < -0.3 is 21.5 Å². The molecule has 5 N–H and O–H groups in total. The van der Waals surface area contributed by atoms with E-state index in [1.165, 1.54) is 14.2 Å². The first-order valence-electron chi connectivity index (χ1n) is 4.58. The molecule has 1 rings (SSSR count). The highest BCUT2D eigenvalue weighted by atomic mass is 16.5. The Kier molecular flexibility index (Phi) is 3.71. The minimum Gasteiger partial charge on any atom is -0.496 e. The highest BCUT2D eigenvalue weighted by Gasteiger charge is 2.11. The Morgan fingerprint density at radius 2 is 2.12 bits per heavy atom. The lowest BCUT2D eigenvalue weighted by atomic mass is 10.1. The lowest BCUT2D eigenvalue weighted by Crippen LogP contribution is -2.22. The van der Waals surface area contributed by atoms with Crippen molar-refractivity contribution in [3.63, 3.8) is 0 Å². The number of hydrogen-bond acceptors (Lipinski definition) is 3. The van der Waals surface area contributed by atoms with E-state index in [4.69, 9.17) is 16.2 Å². The number of hydrogen-bond donors (Lipinski definition) is 3. The van der Waals surface area contributed by atoms with Crippen LogP contribution in [0.15, 0.2) is 23.2 Å². The van der Waals surface area contributed by atoms with E-state index >= 15 is 0 Å². The van der Waals surface area contributed by atoms with Crippen LogP contribution in [0.1, 0.15) is 10.4 Å². The standard InChI is InChI=1S/C10H14N4O2/c1-13-9(15)7-5-6(14-10(11)12)3-4-8(7)16-2/h3-5H,1-2H3,(H,13,15)(H4,11,12,14). The average Bonchev–Trinajstić information content (AvgIpc) is 2.27. The Labute approximate surface area is 93.3 Å². The van der Waals surface area contributed by atoms with E-state index in [0.29, 0.717) is 17.0 Å². The second-order valence-electron chi connectivity index (χ2n) is 3.00. The van der Waals surface area contributed by atoms with E-state index in [0.717, 1.165) is 0 Å². The fourth-order valence-corrected chi connectivity index (χ4v) is 1.23. The molecule has 16 heavy (non-hydrogen) atoms. The highest BCUT2D eigenvalue weighted by molar-refractivity contribution is 5.97. The monoisotopic (exact) mass is 222 g/mol. The van der Waals surface area contributed by atoms with Crippen molar-refractivity contribution >= 4 is 17.6 Å². The van der Waals surface area contributed by atoms with Crippen LogP contribution in [0.2, 0.25) is 0 Å². The third kappa shape index (κ3) is 2.63. The molecule has 6 heteroatoms. The molecular weight excluding hydrogens is 208 g/mol. The van der Waals surface area contributed by atoms with Crippen molar-refractivity contribution in [1.29, 1.82) is 0 Å². The summed E-state index contributed by atoms with van der Waals surface area (Å²) in [5.41, 5.74) is 11.4. The number of amides is 1. The molecule has 6 nitrogen and oxygen atoms in total. The summed E-state index contributed by atoms with van der Waals surface area (Å²) in [5.74, 6) is 0.145. The molecule has 1 amide bonds. The molecule has 1 aromatic carbocycles. The van der Waals surface area contributed by atoms with Crippen LogP contribution in [0.3, 0.4) is 0 Å². The van der Waals surface area contributed by atoms with Gasteiger partial charge in [-0.15, -0.1) is 0 Å². The number of rotatable bonds is 3. The number of guanidine groups is 1. The van der Waals surface area contributed by atoms with Crippen molar-refractivity contribution in [2.75, 3.05) is 14.2 Å². The van der Waals surface area contributed by atoms with E-state index in [-0.39, 0.29) is 11.9 Å². The van der Waals surface area contributed by atoms with Gasteiger partial charge in [-0.2, -0.15) is 0 Å². The number of nitrogens with one attached hydrogen (secondary N) is 1. The molecule has 0 spiro atoms. The Hall–Kier alpha value is -2.24. The van der Waals surface area contributed by atoms with Crippen LogP contribution < -0.4 is 21.5 Å². The Bertz CT molecular complexity index is 425. The molecule has 0 aliphatic rings. The summed E-state index contributed by atoms with van der Waals surface area (Å²) in [6.07, 6.45) is 0.